The van der Waals surface area contributed by atoms with Crippen molar-refractivity contribution in [3.8, 4) is 5.69 Å². The molecule has 2 aromatic carbocycles. The number of nitrogens with one attached hydrogen (secondary N) is 2. The number of carbonyl (C=O) groups is 1. The zero-order valence-electron chi connectivity index (χ0n) is 18.3. The highest BCUT2D eigenvalue weighted by Gasteiger charge is 2.27. The van der Waals surface area contributed by atoms with E-state index in [1.165, 1.54) is 45.5 Å². The SMILES string of the molecule is O=C(Nc1ccc(-n2cccn2)c(F)c1)c1cc(=O)[nH]c2ccc(S(=O)(=O)N3CCOCC3)cc12. The number of hydrogen-bond donors (Lipinski definition) is 2. The first-order valence-electron chi connectivity index (χ1n) is 10.7. The van der Waals surface area contributed by atoms with Crippen molar-refractivity contribution in [1.82, 2.24) is 19.1 Å². The molecule has 0 spiro atoms. The molecule has 1 fully saturated rings. The van der Waals surface area contributed by atoms with E-state index in [1.807, 2.05) is 0 Å². The van der Waals surface area contributed by atoms with Gasteiger partial charge in [-0.2, -0.15) is 9.40 Å². The maximum Gasteiger partial charge on any atom is 0.256 e. The number of amides is 1. The molecule has 1 amide bonds. The molecule has 10 nitrogen and oxygen atoms in total. The number of H-pyrrole nitrogens is 1. The zero-order chi connectivity index (χ0) is 24.6. The second kappa shape index (κ2) is 9.06. The number of benzene rings is 2. The van der Waals surface area contributed by atoms with E-state index in [1.54, 1.807) is 12.3 Å². The van der Waals surface area contributed by atoms with Crippen molar-refractivity contribution in [2.75, 3.05) is 31.6 Å². The summed E-state index contributed by atoms with van der Waals surface area (Å²) < 4.78 is 48.7. The summed E-state index contributed by atoms with van der Waals surface area (Å²) in [5.74, 6) is -1.30. The van der Waals surface area contributed by atoms with Crippen LogP contribution < -0.4 is 10.9 Å². The van der Waals surface area contributed by atoms with Crippen LogP contribution in [-0.4, -0.2) is 59.7 Å². The van der Waals surface area contributed by atoms with Crippen molar-refractivity contribution >= 4 is 32.5 Å². The number of sulfonamides is 1. The molecule has 0 radical (unpaired) electrons. The number of pyridine rings is 1. The van der Waals surface area contributed by atoms with Crippen LogP contribution in [0, 0.1) is 5.82 Å². The number of fused-ring (bicyclic) bond motifs is 1. The molecule has 1 saturated heterocycles. The number of nitrogens with zero attached hydrogens (tertiary/aromatic N) is 3. The molecule has 4 aromatic rings. The van der Waals surface area contributed by atoms with E-state index in [-0.39, 0.29) is 40.3 Å². The Morgan fingerprint density at radius 3 is 2.63 bits per heavy atom. The van der Waals surface area contributed by atoms with Gasteiger partial charge in [0.1, 0.15) is 5.69 Å². The molecular formula is C23H20FN5O5S. The van der Waals surface area contributed by atoms with Gasteiger partial charge in [0.2, 0.25) is 15.6 Å². The fourth-order valence-corrected chi connectivity index (χ4v) is 5.33. The fourth-order valence-electron chi connectivity index (χ4n) is 3.90. The largest absolute Gasteiger partial charge is 0.379 e. The first-order valence-corrected chi connectivity index (χ1v) is 12.1. The molecule has 0 saturated carbocycles. The van der Waals surface area contributed by atoms with Crippen LogP contribution in [0.5, 0.6) is 0 Å². The molecular weight excluding hydrogens is 477 g/mol. The van der Waals surface area contributed by atoms with Gasteiger partial charge in [-0.05, 0) is 42.5 Å². The predicted molar refractivity (Wildman–Crippen MR) is 126 cm³/mol. The minimum absolute atomic E-state index is 0.0115. The van der Waals surface area contributed by atoms with Crippen LogP contribution in [0.4, 0.5) is 10.1 Å². The number of rotatable bonds is 5. The van der Waals surface area contributed by atoms with Gasteiger partial charge >= 0.3 is 0 Å². The lowest BCUT2D eigenvalue weighted by atomic mass is 10.1. The maximum absolute atomic E-state index is 14.6. The van der Waals surface area contributed by atoms with Crippen molar-refractivity contribution in [2.45, 2.75) is 4.90 Å². The summed E-state index contributed by atoms with van der Waals surface area (Å²) in [6.45, 7) is 1.03. The minimum atomic E-state index is -3.83. The highest BCUT2D eigenvalue weighted by molar-refractivity contribution is 7.89. The summed E-state index contributed by atoms with van der Waals surface area (Å²) in [6.07, 6.45) is 3.10. The number of morpholine rings is 1. The summed E-state index contributed by atoms with van der Waals surface area (Å²) in [5, 5.41) is 6.80. The molecule has 12 heteroatoms. The van der Waals surface area contributed by atoms with Gasteiger partial charge in [-0.1, -0.05) is 0 Å². The second-order valence-electron chi connectivity index (χ2n) is 7.84. The normalized spacial score (nSPS) is 14.8. The molecule has 2 N–H and O–H groups in total. The lowest BCUT2D eigenvalue weighted by Crippen LogP contribution is -2.40. The van der Waals surface area contributed by atoms with Gasteiger partial charge in [0.05, 0.1) is 23.7 Å². The van der Waals surface area contributed by atoms with E-state index in [0.717, 1.165) is 12.1 Å². The van der Waals surface area contributed by atoms with Crippen LogP contribution in [0.3, 0.4) is 0 Å². The van der Waals surface area contributed by atoms with Crippen LogP contribution in [0.2, 0.25) is 0 Å². The average molecular weight is 498 g/mol. The summed E-state index contributed by atoms with van der Waals surface area (Å²) in [4.78, 5) is 27.9. The van der Waals surface area contributed by atoms with Crippen molar-refractivity contribution in [3.63, 3.8) is 0 Å². The van der Waals surface area contributed by atoms with Gasteiger partial charge in [0.15, 0.2) is 5.82 Å². The Hall–Kier alpha value is -3.87. The van der Waals surface area contributed by atoms with E-state index >= 15 is 0 Å². The van der Waals surface area contributed by atoms with E-state index in [0.29, 0.717) is 18.7 Å². The van der Waals surface area contributed by atoms with Crippen molar-refractivity contribution in [1.29, 1.82) is 0 Å². The molecule has 3 heterocycles. The number of halogens is 1. The Morgan fingerprint density at radius 2 is 1.91 bits per heavy atom. The molecule has 0 bridgehead atoms. The van der Waals surface area contributed by atoms with Gasteiger partial charge in [-0.25, -0.2) is 17.5 Å². The van der Waals surface area contributed by atoms with E-state index in [2.05, 4.69) is 15.4 Å². The summed E-state index contributed by atoms with van der Waals surface area (Å²) in [5.41, 5.74) is 0.0799. The van der Waals surface area contributed by atoms with Crippen LogP contribution in [-0.2, 0) is 14.8 Å². The van der Waals surface area contributed by atoms with Gasteiger partial charge in [-0.15, -0.1) is 0 Å². The zero-order valence-corrected chi connectivity index (χ0v) is 19.1. The van der Waals surface area contributed by atoms with Gasteiger partial charge in [0.25, 0.3) is 5.91 Å². The Balaban J connectivity index is 1.49. The van der Waals surface area contributed by atoms with Gasteiger partial charge in [0, 0.05) is 48.1 Å². The first kappa shape index (κ1) is 22.9. The average Bonchev–Trinajstić information content (AvgIpc) is 3.38. The molecule has 1 aliphatic heterocycles. The highest BCUT2D eigenvalue weighted by atomic mass is 32.2. The molecule has 180 valence electrons. The summed E-state index contributed by atoms with van der Waals surface area (Å²) in [7, 11) is -3.83. The third-order valence-electron chi connectivity index (χ3n) is 5.62. The molecule has 1 aliphatic rings. The van der Waals surface area contributed by atoms with E-state index in [4.69, 9.17) is 4.74 Å². The second-order valence-corrected chi connectivity index (χ2v) is 9.78. The Labute approximate surface area is 199 Å². The lowest BCUT2D eigenvalue weighted by Gasteiger charge is -2.26. The van der Waals surface area contributed by atoms with Crippen LogP contribution in [0.1, 0.15) is 10.4 Å². The topological polar surface area (TPSA) is 126 Å². The maximum atomic E-state index is 14.6. The Morgan fingerprint density at radius 1 is 1.11 bits per heavy atom. The summed E-state index contributed by atoms with van der Waals surface area (Å²) >= 11 is 0. The Bertz CT molecular complexity index is 1580. The highest BCUT2D eigenvalue weighted by Crippen LogP contribution is 2.25. The molecule has 0 aliphatic carbocycles. The molecule has 0 unspecified atom stereocenters. The van der Waals surface area contributed by atoms with Gasteiger partial charge in [-0.3, -0.25) is 9.59 Å². The van der Waals surface area contributed by atoms with Crippen molar-refractivity contribution in [3.05, 3.63) is 82.7 Å². The van der Waals surface area contributed by atoms with E-state index < -0.39 is 27.3 Å². The number of anilines is 1. The lowest BCUT2D eigenvalue weighted by molar-refractivity contribution is 0.0730. The van der Waals surface area contributed by atoms with Crippen molar-refractivity contribution in [2.24, 2.45) is 0 Å². The molecule has 35 heavy (non-hydrogen) atoms. The third-order valence-corrected chi connectivity index (χ3v) is 7.52. The fraction of sp³-hybridized carbons (Fsp3) is 0.174. The number of aromatic nitrogens is 3. The quantitative estimate of drug-likeness (QED) is 0.435. The van der Waals surface area contributed by atoms with Crippen LogP contribution in [0.15, 0.2) is 70.6 Å². The van der Waals surface area contributed by atoms with E-state index in [9.17, 15) is 22.4 Å². The van der Waals surface area contributed by atoms with Crippen LogP contribution in [0.25, 0.3) is 16.6 Å². The first-order chi connectivity index (χ1) is 16.8. The predicted octanol–water partition coefficient (Wildman–Crippen LogP) is 2.13. The summed E-state index contributed by atoms with van der Waals surface area (Å²) in [6, 6.07) is 11.0. The minimum Gasteiger partial charge on any atom is -0.379 e. The number of carbonyl (C=O) groups excluding carboxylic acids is 1. The molecule has 5 rings (SSSR count). The smallest absolute Gasteiger partial charge is 0.256 e. The third kappa shape index (κ3) is 4.46. The number of ether oxygens (including phenoxy) is 1. The van der Waals surface area contributed by atoms with Crippen molar-refractivity contribution < 1.29 is 22.3 Å². The van der Waals surface area contributed by atoms with Gasteiger partial charge < -0.3 is 15.0 Å². The Kier molecular flexibility index (Phi) is 5.93. The number of aromatic amines is 1. The van der Waals surface area contributed by atoms with Crippen LogP contribution >= 0.6 is 0 Å². The number of hydrogen-bond acceptors (Lipinski definition) is 6. The standard InChI is InChI=1S/C23H20FN5O5S/c24-19-12-15(2-5-21(19)29-7-1-6-25-29)26-23(31)18-14-22(30)27-20-4-3-16(13-17(18)20)35(32,33)28-8-10-34-11-9-28/h1-7,12-14H,8-11H2,(H,26,31)(H,27,30). The molecule has 2 aromatic heterocycles. The monoisotopic (exact) mass is 497 g/mol. The molecule has 0 atom stereocenters.